The predicted octanol–water partition coefficient (Wildman–Crippen LogP) is 0.521. The fourth-order valence-electron chi connectivity index (χ4n) is 0.800. The van der Waals surface area contributed by atoms with E-state index in [0.717, 1.165) is 0 Å². The Morgan fingerprint density at radius 1 is 1.36 bits per heavy atom. The number of nitrogens with one attached hydrogen (secondary N) is 2. The van der Waals surface area contributed by atoms with Gasteiger partial charge in [-0.15, -0.1) is 0 Å². The van der Waals surface area contributed by atoms with Crippen LogP contribution in [-0.2, 0) is 10.2 Å². The van der Waals surface area contributed by atoms with E-state index in [2.05, 4.69) is 19.5 Å². The largest absolute Gasteiger partial charge is 0.276 e. The van der Waals surface area contributed by atoms with Crippen molar-refractivity contribution in [2.24, 2.45) is 5.11 Å². The van der Waals surface area contributed by atoms with Gasteiger partial charge in [0.05, 0.1) is 0 Å². The summed E-state index contributed by atoms with van der Waals surface area (Å²) in [5, 5.41) is 3.33. The smallest absolute Gasteiger partial charge is 0.203 e. The minimum Gasteiger partial charge on any atom is -0.203 e. The molecule has 7 nitrogen and oxygen atoms in total. The Labute approximate surface area is 83.7 Å². The van der Waals surface area contributed by atoms with E-state index in [1.165, 1.54) is 0 Å². The summed E-state index contributed by atoms with van der Waals surface area (Å²) in [6.45, 7) is 2.84. The standard InChI is InChI=1S/C6H15N5O2S/c1-2-9-14(12,13)10-6-4-3-5-8-11-7/h9-10H,2-6H2,1H3. The van der Waals surface area contributed by atoms with Crippen LogP contribution in [0.2, 0.25) is 0 Å². The molecule has 0 unspecified atom stereocenters. The summed E-state index contributed by atoms with van der Waals surface area (Å²) in [6.07, 6.45) is 1.34. The summed E-state index contributed by atoms with van der Waals surface area (Å²) >= 11 is 0. The molecule has 0 saturated carbocycles. The highest BCUT2D eigenvalue weighted by atomic mass is 32.2. The highest BCUT2D eigenvalue weighted by Crippen LogP contribution is 1.89. The molecular formula is C6H15N5O2S. The van der Waals surface area contributed by atoms with E-state index in [-0.39, 0.29) is 0 Å². The fraction of sp³-hybridized carbons (Fsp3) is 1.00. The molecule has 0 heterocycles. The molecule has 82 valence electrons. The Morgan fingerprint density at radius 2 is 2.07 bits per heavy atom. The van der Waals surface area contributed by atoms with Gasteiger partial charge in [-0.25, -0.2) is 9.44 Å². The van der Waals surface area contributed by atoms with Crippen molar-refractivity contribution in [2.75, 3.05) is 19.6 Å². The zero-order valence-electron chi connectivity index (χ0n) is 8.10. The lowest BCUT2D eigenvalue weighted by molar-refractivity contribution is 0.564. The maximum absolute atomic E-state index is 11.0. The van der Waals surface area contributed by atoms with Crippen LogP contribution in [0.25, 0.3) is 10.4 Å². The van der Waals surface area contributed by atoms with Crippen LogP contribution in [0.3, 0.4) is 0 Å². The second kappa shape index (κ2) is 7.57. The molecule has 2 N–H and O–H groups in total. The maximum atomic E-state index is 11.0. The molecule has 0 fully saturated rings. The van der Waals surface area contributed by atoms with Crippen molar-refractivity contribution in [3.63, 3.8) is 0 Å². The third-order valence-electron chi connectivity index (χ3n) is 1.37. The van der Waals surface area contributed by atoms with Gasteiger partial charge in [0.25, 0.3) is 10.2 Å². The molecule has 0 amide bonds. The Balaban J connectivity index is 3.49. The van der Waals surface area contributed by atoms with Gasteiger partial charge in [-0.3, -0.25) is 0 Å². The quantitative estimate of drug-likeness (QED) is 0.270. The van der Waals surface area contributed by atoms with E-state index in [4.69, 9.17) is 5.53 Å². The minimum atomic E-state index is -3.33. The summed E-state index contributed by atoms with van der Waals surface area (Å²) < 4.78 is 26.7. The summed E-state index contributed by atoms with van der Waals surface area (Å²) in [6, 6.07) is 0. The highest BCUT2D eigenvalue weighted by Gasteiger charge is 2.04. The molecular weight excluding hydrogens is 206 g/mol. The molecule has 0 aliphatic heterocycles. The zero-order chi connectivity index (χ0) is 10.9. The first-order chi connectivity index (χ1) is 6.62. The van der Waals surface area contributed by atoms with Crippen molar-refractivity contribution in [1.29, 1.82) is 0 Å². The highest BCUT2D eigenvalue weighted by molar-refractivity contribution is 7.87. The second-order valence-corrected chi connectivity index (χ2v) is 4.14. The van der Waals surface area contributed by atoms with Crippen molar-refractivity contribution < 1.29 is 8.42 Å². The molecule has 0 atom stereocenters. The van der Waals surface area contributed by atoms with Crippen molar-refractivity contribution in [3.8, 4) is 0 Å². The lowest BCUT2D eigenvalue weighted by atomic mass is 10.3. The van der Waals surface area contributed by atoms with Crippen LogP contribution in [0.15, 0.2) is 5.11 Å². The third kappa shape index (κ3) is 7.81. The van der Waals surface area contributed by atoms with Crippen molar-refractivity contribution in [2.45, 2.75) is 19.8 Å². The predicted molar refractivity (Wildman–Crippen MR) is 53.8 cm³/mol. The van der Waals surface area contributed by atoms with Crippen molar-refractivity contribution in [3.05, 3.63) is 10.4 Å². The topological polar surface area (TPSA) is 107 Å². The van der Waals surface area contributed by atoms with Gasteiger partial charge >= 0.3 is 0 Å². The number of nitrogens with zero attached hydrogens (tertiary/aromatic N) is 3. The number of hydrogen-bond donors (Lipinski definition) is 2. The second-order valence-electron chi connectivity index (χ2n) is 2.56. The van der Waals surface area contributed by atoms with Crippen LogP contribution >= 0.6 is 0 Å². The van der Waals surface area contributed by atoms with Gasteiger partial charge in [0.1, 0.15) is 0 Å². The molecule has 0 saturated heterocycles. The van der Waals surface area contributed by atoms with Crippen LogP contribution in [0.1, 0.15) is 19.8 Å². The molecule has 0 rings (SSSR count). The van der Waals surface area contributed by atoms with E-state index in [1.54, 1.807) is 6.92 Å². The molecule has 0 spiro atoms. The number of hydrogen-bond acceptors (Lipinski definition) is 3. The van der Waals surface area contributed by atoms with E-state index in [9.17, 15) is 8.42 Å². The van der Waals surface area contributed by atoms with Gasteiger partial charge in [0.15, 0.2) is 0 Å². The summed E-state index contributed by atoms with van der Waals surface area (Å²) in [5.74, 6) is 0. The van der Waals surface area contributed by atoms with E-state index < -0.39 is 10.2 Å². The average molecular weight is 221 g/mol. The first-order valence-corrected chi connectivity index (χ1v) is 5.86. The Hall–Kier alpha value is -0.820. The van der Waals surface area contributed by atoms with E-state index in [1.807, 2.05) is 0 Å². The van der Waals surface area contributed by atoms with Gasteiger partial charge in [0.2, 0.25) is 0 Å². The molecule has 0 aliphatic carbocycles. The van der Waals surface area contributed by atoms with E-state index in [0.29, 0.717) is 32.5 Å². The molecule has 0 bridgehead atoms. The number of unbranched alkanes of at least 4 members (excludes halogenated alkanes) is 1. The number of azide groups is 1. The SMILES string of the molecule is CCNS(=O)(=O)NCCCCN=[N+]=[N-]. The van der Waals surface area contributed by atoms with Crippen molar-refractivity contribution in [1.82, 2.24) is 9.44 Å². The Morgan fingerprint density at radius 3 is 2.64 bits per heavy atom. The van der Waals surface area contributed by atoms with Crippen LogP contribution in [-0.4, -0.2) is 28.1 Å². The minimum absolute atomic E-state index is 0.357. The van der Waals surface area contributed by atoms with Crippen LogP contribution in [0.5, 0.6) is 0 Å². The molecule has 0 aromatic carbocycles. The summed E-state index contributed by atoms with van der Waals surface area (Å²) in [5.41, 5.74) is 7.96. The van der Waals surface area contributed by atoms with Crippen LogP contribution in [0, 0.1) is 0 Å². The van der Waals surface area contributed by atoms with Gasteiger partial charge in [0, 0.05) is 24.5 Å². The lowest BCUT2D eigenvalue weighted by Crippen LogP contribution is -2.36. The molecule has 14 heavy (non-hydrogen) atoms. The van der Waals surface area contributed by atoms with Gasteiger partial charge in [-0.2, -0.15) is 8.42 Å². The van der Waals surface area contributed by atoms with Crippen molar-refractivity contribution >= 4 is 10.2 Å². The van der Waals surface area contributed by atoms with Gasteiger partial charge in [-0.1, -0.05) is 12.0 Å². The average Bonchev–Trinajstić information content (AvgIpc) is 2.11. The normalized spacial score (nSPS) is 10.9. The first-order valence-electron chi connectivity index (χ1n) is 4.37. The van der Waals surface area contributed by atoms with Gasteiger partial charge in [-0.05, 0) is 18.4 Å². The van der Waals surface area contributed by atoms with E-state index >= 15 is 0 Å². The molecule has 0 aliphatic rings. The molecule has 8 heteroatoms. The third-order valence-corrected chi connectivity index (χ3v) is 2.63. The fourth-order valence-corrected chi connectivity index (χ4v) is 1.69. The Bertz CT molecular complexity index is 283. The molecule has 0 radical (unpaired) electrons. The molecule has 0 aromatic heterocycles. The summed E-state index contributed by atoms with van der Waals surface area (Å²) in [7, 11) is -3.33. The van der Waals surface area contributed by atoms with Gasteiger partial charge < -0.3 is 0 Å². The van der Waals surface area contributed by atoms with Crippen LogP contribution in [0.4, 0.5) is 0 Å². The Kier molecular flexibility index (Phi) is 7.13. The zero-order valence-corrected chi connectivity index (χ0v) is 8.92. The maximum Gasteiger partial charge on any atom is 0.276 e. The monoisotopic (exact) mass is 221 g/mol. The number of rotatable bonds is 8. The van der Waals surface area contributed by atoms with Crippen LogP contribution < -0.4 is 9.44 Å². The molecule has 0 aromatic rings. The first kappa shape index (κ1) is 13.2. The summed E-state index contributed by atoms with van der Waals surface area (Å²) in [4.78, 5) is 2.59. The lowest BCUT2D eigenvalue weighted by Gasteiger charge is -2.05.